The molecule has 0 aromatic carbocycles. The summed E-state index contributed by atoms with van der Waals surface area (Å²) in [6, 6.07) is 0. The van der Waals surface area contributed by atoms with Gasteiger partial charge in [-0.3, -0.25) is 4.79 Å². The summed E-state index contributed by atoms with van der Waals surface area (Å²) < 4.78 is 5.58. The Morgan fingerprint density at radius 3 is 2.71 bits per heavy atom. The SMILES string of the molecule is NC(=S)CCN(CC1CCCO1)C(=O)C1CC1. The van der Waals surface area contributed by atoms with Crippen molar-refractivity contribution in [3.63, 3.8) is 0 Å². The minimum Gasteiger partial charge on any atom is -0.393 e. The van der Waals surface area contributed by atoms with E-state index in [1.54, 1.807) is 0 Å². The zero-order valence-electron chi connectivity index (χ0n) is 10.1. The Hall–Kier alpha value is -0.680. The van der Waals surface area contributed by atoms with Crippen LogP contribution in [0, 0.1) is 5.92 Å². The standard InChI is InChI=1S/C12H20N2O2S/c13-11(17)5-6-14(12(15)9-3-4-9)8-10-2-1-7-16-10/h9-10H,1-8H2,(H2,13,17). The van der Waals surface area contributed by atoms with Gasteiger partial charge in [-0.05, 0) is 25.7 Å². The van der Waals surface area contributed by atoms with Crippen LogP contribution in [0.2, 0.25) is 0 Å². The summed E-state index contributed by atoms with van der Waals surface area (Å²) in [5.74, 6) is 0.513. The third kappa shape index (κ3) is 3.92. The molecular formula is C12H20N2O2S. The normalized spacial score (nSPS) is 23.6. The first-order valence-electron chi connectivity index (χ1n) is 6.35. The van der Waals surface area contributed by atoms with Crippen LogP contribution < -0.4 is 5.73 Å². The summed E-state index contributed by atoms with van der Waals surface area (Å²) >= 11 is 4.87. The van der Waals surface area contributed by atoms with Gasteiger partial charge < -0.3 is 15.4 Å². The average Bonchev–Trinajstić information content (AvgIpc) is 3.02. The molecule has 4 nitrogen and oxygen atoms in total. The van der Waals surface area contributed by atoms with E-state index in [2.05, 4.69) is 0 Å². The zero-order chi connectivity index (χ0) is 12.3. The first-order chi connectivity index (χ1) is 8.16. The summed E-state index contributed by atoms with van der Waals surface area (Å²) in [6.07, 6.45) is 5.05. The molecule has 1 unspecified atom stereocenters. The molecule has 2 fully saturated rings. The molecule has 1 aliphatic carbocycles. The number of rotatable bonds is 6. The van der Waals surface area contributed by atoms with Crippen molar-refractivity contribution >= 4 is 23.1 Å². The molecule has 1 saturated heterocycles. The van der Waals surface area contributed by atoms with Crippen molar-refractivity contribution in [1.82, 2.24) is 4.90 Å². The highest BCUT2D eigenvalue weighted by Gasteiger charge is 2.34. The fraction of sp³-hybridized carbons (Fsp3) is 0.833. The van der Waals surface area contributed by atoms with Crippen LogP contribution >= 0.6 is 12.2 Å². The Kier molecular flexibility index (Phi) is 4.34. The lowest BCUT2D eigenvalue weighted by molar-refractivity contribution is -0.134. The highest BCUT2D eigenvalue weighted by atomic mass is 32.1. The molecule has 1 saturated carbocycles. The van der Waals surface area contributed by atoms with Crippen LogP contribution in [0.15, 0.2) is 0 Å². The van der Waals surface area contributed by atoms with Crippen LogP contribution in [0.1, 0.15) is 32.1 Å². The van der Waals surface area contributed by atoms with Gasteiger partial charge in [-0.15, -0.1) is 0 Å². The van der Waals surface area contributed by atoms with Gasteiger partial charge in [-0.25, -0.2) is 0 Å². The third-order valence-electron chi connectivity index (χ3n) is 3.31. The molecular weight excluding hydrogens is 236 g/mol. The van der Waals surface area contributed by atoms with Gasteiger partial charge in [0.2, 0.25) is 5.91 Å². The van der Waals surface area contributed by atoms with Crippen molar-refractivity contribution < 1.29 is 9.53 Å². The second-order valence-corrected chi connectivity index (χ2v) is 5.43. The summed E-state index contributed by atoms with van der Waals surface area (Å²) in [7, 11) is 0. The molecule has 0 spiro atoms. The zero-order valence-corrected chi connectivity index (χ0v) is 10.9. The summed E-state index contributed by atoms with van der Waals surface area (Å²) in [4.78, 5) is 14.5. The van der Waals surface area contributed by atoms with E-state index < -0.39 is 0 Å². The fourth-order valence-corrected chi connectivity index (χ4v) is 2.25. The topological polar surface area (TPSA) is 55.6 Å². The maximum atomic E-state index is 12.1. The molecule has 2 rings (SSSR count). The number of hydrogen-bond acceptors (Lipinski definition) is 3. The molecule has 0 aromatic heterocycles. The van der Waals surface area contributed by atoms with E-state index in [1.165, 1.54) is 0 Å². The monoisotopic (exact) mass is 256 g/mol. The van der Waals surface area contributed by atoms with Crippen LogP contribution in [0.5, 0.6) is 0 Å². The summed E-state index contributed by atoms with van der Waals surface area (Å²) in [6.45, 7) is 2.17. The molecule has 5 heteroatoms. The minimum absolute atomic E-state index is 0.212. The van der Waals surface area contributed by atoms with Gasteiger partial charge in [0.15, 0.2) is 0 Å². The van der Waals surface area contributed by atoms with Crippen molar-refractivity contribution in [3.05, 3.63) is 0 Å². The van der Waals surface area contributed by atoms with Gasteiger partial charge >= 0.3 is 0 Å². The maximum absolute atomic E-state index is 12.1. The largest absolute Gasteiger partial charge is 0.393 e. The number of carbonyl (C=O) groups is 1. The van der Waals surface area contributed by atoms with Crippen molar-refractivity contribution in [2.24, 2.45) is 11.7 Å². The van der Waals surface area contributed by atoms with E-state index in [-0.39, 0.29) is 17.9 Å². The van der Waals surface area contributed by atoms with Crippen LogP contribution in [-0.2, 0) is 9.53 Å². The quantitative estimate of drug-likeness (QED) is 0.723. The number of nitrogens with two attached hydrogens (primary N) is 1. The Morgan fingerprint density at radius 1 is 1.41 bits per heavy atom. The molecule has 1 amide bonds. The van der Waals surface area contributed by atoms with E-state index in [1.807, 2.05) is 4.90 Å². The van der Waals surface area contributed by atoms with Crippen molar-refractivity contribution in [3.8, 4) is 0 Å². The van der Waals surface area contributed by atoms with Crippen LogP contribution in [-0.4, -0.2) is 41.6 Å². The second-order valence-electron chi connectivity index (χ2n) is 4.91. The van der Waals surface area contributed by atoms with Gasteiger partial charge in [0, 0.05) is 32.0 Å². The van der Waals surface area contributed by atoms with E-state index in [9.17, 15) is 4.79 Å². The van der Waals surface area contributed by atoms with E-state index in [4.69, 9.17) is 22.7 Å². The molecule has 2 aliphatic rings. The minimum atomic E-state index is 0.212. The molecule has 0 radical (unpaired) electrons. The van der Waals surface area contributed by atoms with Gasteiger partial charge in [0.05, 0.1) is 11.1 Å². The maximum Gasteiger partial charge on any atom is 0.225 e. The molecule has 1 aliphatic heterocycles. The first kappa shape index (κ1) is 12.8. The molecule has 0 aromatic rings. The number of nitrogens with zero attached hydrogens (tertiary/aromatic N) is 1. The molecule has 17 heavy (non-hydrogen) atoms. The fourth-order valence-electron chi connectivity index (χ4n) is 2.16. The molecule has 1 atom stereocenters. The van der Waals surface area contributed by atoms with Crippen molar-refractivity contribution in [2.75, 3.05) is 19.7 Å². The lowest BCUT2D eigenvalue weighted by Gasteiger charge is -2.25. The third-order valence-corrected chi connectivity index (χ3v) is 3.52. The highest BCUT2D eigenvalue weighted by Crippen LogP contribution is 2.31. The highest BCUT2D eigenvalue weighted by molar-refractivity contribution is 7.80. The lowest BCUT2D eigenvalue weighted by Crippen LogP contribution is -2.40. The number of hydrogen-bond donors (Lipinski definition) is 1. The molecule has 1 heterocycles. The van der Waals surface area contributed by atoms with E-state index in [0.717, 1.165) is 32.3 Å². The number of amides is 1. The summed E-state index contributed by atoms with van der Waals surface area (Å²) in [5, 5.41) is 0. The predicted octanol–water partition coefficient (Wildman–Crippen LogP) is 1.08. The Morgan fingerprint density at radius 2 is 2.18 bits per heavy atom. The van der Waals surface area contributed by atoms with Gasteiger partial charge in [0.1, 0.15) is 0 Å². The number of ether oxygens (including phenoxy) is 1. The Bertz CT molecular complexity index is 299. The Balaban J connectivity index is 1.85. The summed E-state index contributed by atoms with van der Waals surface area (Å²) in [5.41, 5.74) is 5.50. The lowest BCUT2D eigenvalue weighted by atomic mass is 10.2. The van der Waals surface area contributed by atoms with Gasteiger partial charge in [-0.2, -0.15) is 0 Å². The second kappa shape index (κ2) is 5.78. The average molecular weight is 256 g/mol. The molecule has 96 valence electrons. The van der Waals surface area contributed by atoms with Crippen LogP contribution in [0.25, 0.3) is 0 Å². The molecule has 0 bridgehead atoms. The van der Waals surface area contributed by atoms with Crippen molar-refractivity contribution in [1.29, 1.82) is 0 Å². The smallest absolute Gasteiger partial charge is 0.225 e. The van der Waals surface area contributed by atoms with E-state index >= 15 is 0 Å². The van der Waals surface area contributed by atoms with Crippen LogP contribution in [0.3, 0.4) is 0 Å². The number of thiocarbonyl (C=S) groups is 1. The predicted molar refractivity (Wildman–Crippen MR) is 69.7 cm³/mol. The van der Waals surface area contributed by atoms with Gasteiger partial charge in [-0.1, -0.05) is 12.2 Å². The Labute approximate surface area is 107 Å². The number of carbonyl (C=O) groups excluding carboxylic acids is 1. The van der Waals surface area contributed by atoms with Gasteiger partial charge in [0.25, 0.3) is 0 Å². The first-order valence-corrected chi connectivity index (χ1v) is 6.76. The van der Waals surface area contributed by atoms with E-state index in [0.29, 0.717) is 24.5 Å². The molecule has 2 N–H and O–H groups in total. The van der Waals surface area contributed by atoms with Crippen molar-refractivity contribution in [2.45, 2.75) is 38.2 Å². The van der Waals surface area contributed by atoms with Crippen LogP contribution in [0.4, 0.5) is 0 Å².